The molecule has 5 nitrogen and oxygen atoms in total. The number of carboxylic acid groups (broad SMARTS) is 1. The molecule has 1 aromatic carbocycles. The molecule has 6 heteroatoms. The van der Waals surface area contributed by atoms with Crippen LogP contribution in [0.15, 0.2) is 29.3 Å². The summed E-state index contributed by atoms with van der Waals surface area (Å²) >= 11 is 0. The van der Waals surface area contributed by atoms with Crippen molar-refractivity contribution in [3.05, 3.63) is 29.8 Å². The average molecular weight is 219 g/mol. The maximum atomic E-state index is 10.8. The van der Waals surface area contributed by atoms with Crippen LogP contribution in [-0.2, 0) is 15.9 Å². The molecule has 0 aliphatic carbocycles. The van der Waals surface area contributed by atoms with Gasteiger partial charge in [-0.05, 0) is 0 Å². The third kappa shape index (κ3) is 3.64. The van der Waals surface area contributed by atoms with Crippen LogP contribution in [0.1, 0.15) is 5.56 Å². The van der Waals surface area contributed by atoms with Crippen LogP contribution in [0.5, 0.6) is 5.75 Å². The van der Waals surface area contributed by atoms with Crippen molar-refractivity contribution in [1.82, 2.24) is 0 Å². The van der Waals surface area contributed by atoms with Crippen LogP contribution in [0.3, 0.4) is 0 Å². The second kappa shape index (κ2) is 5.80. The summed E-state index contributed by atoms with van der Waals surface area (Å²) in [5, 5.41) is 17.9. The van der Waals surface area contributed by atoms with Crippen LogP contribution in [0.25, 0.3) is 0 Å². The Bertz CT molecular complexity index is 402. The van der Waals surface area contributed by atoms with E-state index in [4.69, 9.17) is 10.2 Å². The molecule has 0 heterocycles. The second-order valence-electron chi connectivity index (χ2n) is 3.16. The third-order valence-corrected chi connectivity index (χ3v) is 1.98. The number of nitrogens with zero attached hydrogens (tertiary/aromatic N) is 1. The van der Waals surface area contributed by atoms with Gasteiger partial charge in [0.15, 0.2) is 0 Å². The average Bonchev–Trinajstić information content (AvgIpc) is 2.26. The van der Waals surface area contributed by atoms with E-state index in [1.54, 1.807) is 12.1 Å². The van der Waals surface area contributed by atoms with Crippen molar-refractivity contribution in [2.75, 3.05) is 0 Å². The SMILES string of the molecule is O=B/C=N\[C@@H](Cc1ccc(O)cc1)C(=O)O. The number of phenolic OH excluding ortho intramolecular Hbond substituents is 1. The van der Waals surface area contributed by atoms with Crippen LogP contribution in [-0.4, -0.2) is 35.5 Å². The zero-order valence-electron chi connectivity index (χ0n) is 8.41. The van der Waals surface area contributed by atoms with Crippen molar-refractivity contribution in [2.24, 2.45) is 4.99 Å². The molecule has 0 spiro atoms. The Morgan fingerprint density at radius 1 is 1.44 bits per heavy atom. The molecule has 0 aliphatic heterocycles. The van der Waals surface area contributed by atoms with Gasteiger partial charge in [0.25, 0.3) is 0 Å². The topological polar surface area (TPSA) is 87.0 Å². The number of carboxylic acids is 1. The van der Waals surface area contributed by atoms with Crippen LogP contribution >= 0.6 is 0 Å². The predicted octanol–water partition coefficient (Wildman–Crippen LogP) is 0.466. The number of benzene rings is 1. The van der Waals surface area contributed by atoms with Gasteiger partial charge in [0.2, 0.25) is 0 Å². The van der Waals surface area contributed by atoms with Crippen LogP contribution in [0.2, 0.25) is 0 Å². The normalized spacial score (nSPS) is 12.2. The molecule has 0 saturated heterocycles. The van der Waals surface area contributed by atoms with Crippen LogP contribution in [0, 0.1) is 0 Å². The third-order valence-electron chi connectivity index (χ3n) is 1.98. The van der Waals surface area contributed by atoms with Gasteiger partial charge in [-0.25, -0.2) is 0 Å². The molecule has 1 aromatic rings. The first-order valence-corrected chi connectivity index (χ1v) is 4.61. The molecular formula is C10H10BNO4. The van der Waals surface area contributed by atoms with Crippen LogP contribution in [0.4, 0.5) is 0 Å². The van der Waals surface area contributed by atoms with E-state index < -0.39 is 12.0 Å². The predicted molar refractivity (Wildman–Crippen MR) is 58.2 cm³/mol. The summed E-state index contributed by atoms with van der Waals surface area (Å²) in [5.74, 6) is -0.974. The summed E-state index contributed by atoms with van der Waals surface area (Å²) in [7, 11) is 0.437. The van der Waals surface area contributed by atoms with Gasteiger partial charge in [0.1, 0.15) is 0 Å². The van der Waals surface area contributed by atoms with E-state index in [1.165, 1.54) is 12.1 Å². The fourth-order valence-electron chi connectivity index (χ4n) is 1.20. The van der Waals surface area contributed by atoms with E-state index >= 15 is 0 Å². The molecule has 82 valence electrons. The minimum atomic E-state index is -1.09. The fraction of sp³-hybridized carbons (Fsp3) is 0.200. The van der Waals surface area contributed by atoms with E-state index in [9.17, 15) is 9.50 Å². The number of aliphatic imine (C=N–C) groups is 1. The quantitative estimate of drug-likeness (QED) is 0.556. The van der Waals surface area contributed by atoms with Gasteiger partial charge in [-0.1, -0.05) is 0 Å². The summed E-state index contributed by atoms with van der Waals surface area (Å²) in [6, 6.07) is 5.19. The first-order valence-electron chi connectivity index (χ1n) is 4.61. The number of hydrogen-bond acceptors (Lipinski definition) is 4. The Morgan fingerprint density at radius 2 is 2.06 bits per heavy atom. The van der Waals surface area contributed by atoms with Crippen molar-refractivity contribution >= 4 is 19.2 Å². The molecule has 0 aliphatic rings. The molecular weight excluding hydrogens is 209 g/mol. The van der Waals surface area contributed by atoms with Gasteiger partial charge in [-0.15, -0.1) is 0 Å². The first kappa shape index (κ1) is 12.1. The van der Waals surface area contributed by atoms with Gasteiger partial charge < -0.3 is 0 Å². The van der Waals surface area contributed by atoms with E-state index in [0.29, 0.717) is 7.15 Å². The summed E-state index contributed by atoms with van der Waals surface area (Å²) in [5.41, 5.74) is 0.730. The van der Waals surface area contributed by atoms with E-state index in [1.807, 2.05) is 0 Å². The second-order valence-corrected chi connectivity index (χ2v) is 3.16. The summed E-state index contributed by atoms with van der Waals surface area (Å²) in [4.78, 5) is 14.4. The standard InChI is InChI=1S/C10H10BNO4/c13-8-3-1-7(2-4-8)5-9(10(14)15)12-6-11-16/h1-4,6,9,13H,5H2,(H,14,15)/b12-6-/t9-/m0/s1. The number of aromatic hydroxyl groups is 1. The van der Waals surface area contributed by atoms with E-state index in [2.05, 4.69) is 4.99 Å². The van der Waals surface area contributed by atoms with E-state index in [-0.39, 0.29) is 12.2 Å². The zero-order valence-corrected chi connectivity index (χ0v) is 8.41. The molecule has 0 radical (unpaired) electrons. The Morgan fingerprint density at radius 3 is 2.56 bits per heavy atom. The fourth-order valence-corrected chi connectivity index (χ4v) is 1.20. The Kier molecular flexibility index (Phi) is 4.38. The van der Waals surface area contributed by atoms with Gasteiger partial charge in [0, 0.05) is 0 Å². The molecule has 0 amide bonds. The maximum absolute atomic E-state index is 10.8. The summed E-state index contributed by atoms with van der Waals surface area (Å²) in [6.07, 6.45) is 1.11. The Labute approximate surface area is 92.7 Å². The number of carbonyl (C=O) groups is 1. The van der Waals surface area contributed by atoms with Crippen molar-refractivity contribution in [3.8, 4) is 5.75 Å². The number of phenols is 1. The van der Waals surface area contributed by atoms with Crippen LogP contribution < -0.4 is 0 Å². The molecule has 0 aromatic heterocycles. The number of rotatable bonds is 5. The molecule has 1 rings (SSSR count). The minimum absolute atomic E-state index is 0.118. The number of aliphatic carboxylic acids is 1. The van der Waals surface area contributed by atoms with Crippen molar-refractivity contribution < 1.29 is 19.7 Å². The molecule has 0 saturated carbocycles. The first-order chi connectivity index (χ1) is 7.63. The van der Waals surface area contributed by atoms with Gasteiger partial charge in [-0.2, -0.15) is 0 Å². The van der Waals surface area contributed by atoms with Crippen molar-refractivity contribution in [3.63, 3.8) is 0 Å². The molecule has 16 heavy (non-hydrogen) atoms. The molecule has 0 fully saturated rings. The Hall–Kier alpha value is -1.98. The molecule has 0 unspecified atom stereocenters. The zero-order chi connectivity index (χ0) is 12.0. The van der Waals surface area contributed by atoms with E-state index in [0.717, 1.165) is 11.7 Å². The summed E-state index contributed by atoms with van der Waals surface area (Å²) in [6.45, 7) is 0. The Balaban J connectivity index is 2.75. The van der Waals surface area contributed by atoms with Gasteiger partial charge in [0.05, 0.1) is 0 Å². The van der Waals surface area contributed by atoms with Crippen molar-refractivity contribution in [2.45, 2.75) is 12.5 Å². The monoisotopic (exact) mass is 219 g/mol. The van der Waals surface area contributed by atoms with Gasteiger partial charge in [-0.3, -0.25) is 0 Å². The molecule has 1 atom stereocenters. The molecule has 0 bridgehead atoms. The van der Waals surface area contributed by atoms with Crippen molar-refractivity contribution in [1.29, 1.82) is 0 Å². The van der Waals surface area contributed by atoms with Gasteiger partial charge >= 0.3 is 92.0 Å². The summed E-state index contributed by atoms with van der Waals surface area (Å²) < 4.78 is 10.1. The molecule has 2 N–H and O–H groups in total. The number of hydrogen-bond donors (Lipinski definition) is 2.